The van der Waals surface area contributed by atoms with E-state index >= 15 is 0 Å². The minimum atomic E-state index is -1.05. The molecule has 1 heterocycles. The number of aromatic nitrogens is 2. The van der Waals surface area contributed by atoms with Gasteiger partial charge in [0.2, 0.25) is 5.13 Å². The van der Waals surface area contributed by atoms with E-state index in [1.54, 1.807) is 6.92 Å². The minimum Gasteiger partial charge on any atom is -0.480 e. The minimum absolute atomic E-state index is 0.176. The zero-order chi connectivity index (χ0) is 13.7. The topological polar surface area (TPSA) is 104 Å². The molecule has 18 heavy (non-hydrogen) atoms. The number of nitrogens with one attached hydrogen (secondary N) is 2. The van der Waals surface area contributed by atoms with Crippen LogP contribution in [0.15, 0.2) is 0 Å². The molecule has 0 bridgehead atoms. The van der Waals surface area contributed by atoms with Crippen molar-refractivity contribution < 1.29 is 14.7 Å². The van der Waals surface area contributed by atoms with Gasteiger partial charge in [-0.05, 0) is 19.3 Å². The Morgan fingerprint density at radius 2 is 2.06 bits per heavy atom. The van der Waals surface area contributed by atoms with E-state index in [1.165, 1.54) is 11.3 Å². The summed E-state index contributed by atoms with van der Waals surface area (Å²) in [5.41, 5.74) is 0. The molecule has 0 spiro atoms. The van der Waals surface area contributed by atoms with Crippen molar-refractivity contribution >= 4 is 28.5 Å². The lowest BCUT2D eigenvalue weighted by atomic mass is 10.0. The number of carbonyl (C=O) groups excluding carboxylic acids is 1. The maximum Gasteiger partial charge on any atom is 0.326 e. The van der Waals surface area contributed by atoms with E-state index in [9.17, 15) is 9.59 Å². The summed E-state index contributed by atoms with van der Waals surface area (Å²) in [7, 11) is 0. The molecular weight excluding hydrogens is 256 g/mol. The van der Waals surface area contributed by atoms with E-state index in [0.717, 1.165) is 5.01 Å². The first-order valence-corrected chi connectivity index (χ1v) is 6.30. The Labute approximate surface area is 109 Å². The van der Waals surface area contributed by atoms with Gasteiger partial charge >= 0.3 is 12.0 Å². The number of carbonyl (C=O) groups is 2. The number of urea groups is 1. The number of carboxylic acids is 1. The summed E-state index contributed by atoms with van der Waals surface area (Å²) < 4.78 is 0. The van der Waals surface area contributed by atoms with E-state index < -0.39 is 18.0 Å². The molecular formula is C10H16N4O3S. The molecule has 0 unspecified atom stereocenters. The van der Waals surface area contributed by atoms with Crippen LogP contribution in [0.3, 0.4) is 0 Å². The largest absolute Gasteiger partial charge is 0.480 e. The first-order chi connectivity index (χ1) is 8.38. The van der Waals surface area contributed by atoms with Crippen LogP contribution >= 0.6 is 11.3 Å². The second kappa shape index (κ2) is 6.29. The molecule has 1 aromatic heterocycles. The van der Waals surface area contributed by atoms with Crippen LogP contribution in [0.5, 0.6) is 0 Å². The molecule has 0 aliphatic rings. The SMILES string of the molecule is Cc1nnc(NC(=O)N[C@H](CC(C)C)C(=O)O)s1. The fraction of sp³-hybridized carbons (Fsp3) is 0.600. The van der Waals surface area contributed by atoms with Gasteiger partial charge in [0.1, 0.15) is 11.0 Å². The third-order valence-electron chi connectivity index (χ3n) is 2.06. The van der Waals surface area contributed by atoms with Crippen LogP contribution in [0.25, 0.3) is 0 Å². The standard InChI is InChI=1S/C10H16N4O3S/c1-5(2)4-7(8(15)16)11-9(17)12-10-14-13-6(3)18-10/h5,7H,4H2,1-3H3,(H,15,16)(H2,11,12,14,17)/t7-/m1/s1. The number of nitrogens with zero attached hydrogens (tertiary/aromatic N) is 2. The molecule has 0 radical (unpaired) electrons. The number of rotatable bonds is 5. The predicted molar refractivity (Wildman–Crippen MR) is 67.7 cm³/mol. The van der Waals surface area contributed by atoms with Crippen LogP contribution in [-0.2, 0) is 4.79 Å². The Hall–Kier alpha value is -1.70. The van der Waals surface area contributed by atoms with E-state index in [0.29, 0.717) is 11.6 Å². The molecule has 0 aliphatic heterocycles. The lowest BCUT2D eigenvalue weighted by molar-refractivity contribution is -0.139. The van der Waals surface area contributed by atoms with Gasteiger partial charge in [-0.25, -0.2) is 9.59 Å². The smallest absolute Gasteiger partial charge is 0.326 e. The average Bonchev–Trinajstić information content (AvgIpc) is 2.62. The number of hydrogen-bond donors (Lipinski definition) is 3. The molecule has 1 rings (SSSR count). The fourth-order valence-electron chi connectivity index (χ4n) is 1.33. The monoisotopic (exact) mass is 272 g/mol. The maximum atomic E-state index is 11.6. The summed E-state index contributed by atoms with van der Waals surface area (Å²) in [6, 6.07) is -1.49. The van der Waals surface area contributed by atoms with Crippen LogP contribution in [-0.4, -0.2) is 33.3 Å². The van der Waals surface area contributed by atoms with Crippen molar-refractivity contribution in [2.75, 3.05) is 5.32 Å². The first kappa shape index (κ1) is 14.4. The Bertz CT molecular complexity index is 433. The Balaban J connectivity index is 2.53. The van der Waals surface area contributed by atoms with Crippen LogP contribution < -0.4 is 10.6 Å². The van der Waals surface area contributed by atoms with E-state index in [4.69, 9.17) is 5.11 Å². The summed E-state index contributed by atoms with van der Waals surface area (Å²) in [6.45, 7) is 5.55. The predicted octanol–water partition coefficient (Wildman–Crippen LogP) is 1.47. The number of anilines is 1. The molecule has 0 saturated heterocycles. The summed E-state index contributed by atoms with van der Waals surface area (Å²) in [5.74, 6) is -0.873. The van der Waals surface area contributed by atoms with Crippen molar-refractivity contribution in [3.63, 3.8) is 0 Å². The molecule has 8 heteroatoms. The lowest BCUT2D eigenvalue weighted by Gasteiger charge is -2.16. The molecule has 1 aromatic rings. The average molecular weight is 272 g/mol. The number of aliphatic carboxylic acids is 1. The molecule has 0 aromatic carbocycles. The van der Waals surface area contributed by atoms with Crippen molar-refractivity contribution in [2.45, 2.75) is 33.2 Å². The maximum absolute atomic E-state index is 11.6. The molecule has 0 saturated carbocycles. The van der Waals surface area contributed by atoms with Crippen molar-refractivity contribution in [1.29, 1.82) is 0 Å². The van der Waals surface area contributed by atoms with E-state index in [-0.39, 0.29) is 5.92 Å². The first-order valence-electron chi connectivity index (χ1n) is 5.49. The highest BCUT2D eigenvalue weighted by atomic mass is 32.1. The van der Waals surface area contributed by atoms with Gasteiger partial charge in [0, 0.05) is 0 Å². The number of amides is 2. The Kier molecular flexibility index (Phi) is 5.02. The van der Waals surface area contributed by atoms with Crippen molar-refractivity contribution in [2.24, 2.45) is 5.92 Å². The summed E-state index contributed by atoms with van der Waals surface area (Å²) in [4.78, 5) is 22.5. The molecule has 3 N–H and O–H groups in total. The van der Waals surface area contributed by atoms with Crippen molar-refractivity contribution in [3.05, 3.63) is 5.01 Å². The third-order valence-corrected chi connectivity index (χ3v) is 2.81. The molecule has 2 amide bonds. The van der Waals surface area contributed by atoms with Crippen LogP contribution in [0.2, 0.25) is 0 Å². The van der Waals surface area contributed by atoms with Crippen molar-refractivity contribution in [3.8, 4) is 0 Å². The highest BCUT2D eigenvalue weighted by Crippen LogP contribution is 2.13. The summed E-state index contributed by atoms with van der Waals surface area (Å²) >= 11 is 1.22. The van der Waals surface area contributed by atoms with Crippen LogP contribution in [0.1, 0.15) is 25.3 Å². The van der Waals surface area contributed by atoms with Gasteiger partial charge in [0.25, 0.3) is 0 Å². The van der Waals surface area contributed by atoms with Gasteiger partial charge in [0.05, 0.1) is 0 Å². The highest BCUT2D eigenvalue weighted by molar-refractivity contribution is 7.15. The third kappa shape index (κ3) is 4.66. The number of carboxylic acid groups (broad SMARTS) is 1. The molecule has 1 atom stereocenters. The van der Waals surface area contributed by atoms with Gasteiger partial charge < -0.3 is 10.4 Å². The summed E-state index contributed by atoms with van der Waals surface area (Å²) in [6.07, 6.45) is 0.373. The second-order valence-corrected chi connectivity index (χ2v) is 5.43. The molecule has 0 fully saturated rings. The zero-order valence-electron chi connectivity index (χ0n) is 10.4. The highest BCUT2D eigenvalue weighted by Gasteiger charge is 2.21. The number of aryl methyl sites for hydroxylation is 1. The Morgan fingerprint density at radius 3 is 2.50 bits per heavy atom. The van der Waals surface area contributed by atoms with Crippen LogP contribution in [0.4, 0.5) is 9.93 Å². The van der Waals surface area contributed by atoms with Crippen molar-refractivity contribution in [1.82, 2.24) is 15.5 Å². The molecule has 7 nitrogen and oxygen atoms in total. The fourth-order valence-corrected chi connectivity index (χ4v) is 1.92. The quantitative estimate of drug-likeness (QED) is 0.753. The van der Waals surface area contributed by atoms with E-state index in [2.05, 4.69) is 20.8 Å². The summed E-state index contributed by atoms with van der Waals surface area (Å²) in [5, 5.41) is 22.4. The Morgan fingerprint density at radius 1 is 1.39 bits per heavy atom. The van der Waals surface area contributed by atoms with Gasteiger partial charge in [-0.1, -0.05) is 25.2 Å². The molecule has 100 valence electrons. The number of hydrogen-bond acceptors (Lipinski definition) is 5. The zero-order valence-corrected chi connectivity index (χ0v) is 11.2. The van der Waals surface area contributed by atoms with E-state index in [1.807, 2.05) is 13.8 Å². The second-order valence-electron chi connectivity index (χ2n) is 4.25. The van der Waals surface area contributed by atoms with Gasteiger partial charge in [-0.2, -0.15) is 0 Å². The van der Waals surface area contributed by atoms with Gasteiger partial charge in [-0.15, -0.1) is 10.2 Å². The van der Waals surface area contributed by atoms with Gasteiger partial charge in [-0.3, -0.25) is 5.32 Å². The molecule has 0 aliphatic carbocycles. The lowest BCUT2D eigenvalue weighted by Crippen LogP contribution is -2.43. The normalized spacial score (nSPS) is 12.2. The van der Waals surface area contributed by atoms with Gasteiger partial charge in [0.15, 0.2) is 0 Å². The van der Waals surface area contributed by atoms with Crippen LogP contribution in [0, 0.1) is 12.8 Å².